The molecule has 7 heteroatoms. The van der Waals surface area contributed by atoms with Crippen LogP contribution in [-0.2, 0) is 0 Å². The molecule has 2 N–H and O–H groups in total. The van der Waals surface area contributed by atoms with Gasteiger partial charge in [0.15, 0.2) is 10.4 Å². The van der Waals surface area contributed by atoms with E-state index in [-0.39, 0.29) is 23.6 Å². The van der Waals surface area contributed by atoms with Crippen molar-refractivity contribution in [3.8, 4) is 0 Å². The predicted molar refractivity (Wildman–Crippen MR) is 116 cm³/mol. The minimum absolute atomic E-state index is 0.0753. The standard InChI is InChI=1S/C22H22BrN3O3/c1-26(2)18(15-6-4-3-5-7-15)14-24-21(27)16-8-10-17(11-9-16)25-22(28)19-12-13-20(23)29-19/h3-13,18H,14H2,1-2H3,(H,24,27)(H,25,28). The molecule has 2 aromatic carbocycles. The zero-order chi connectivity index (χ0) is 20.8. The molecule has 0 bridgehead atoms. The van der Waals surface area contributed by atoms with Crippen molar-refractivity contribution in [2.45, 2.75) is 6.04 Å². The van der Waals surface area contributed by atoms with Crippen molar-refractivity contribution in [2.24, 2.45) is 0 Å². The summed E-state index contributed by atoms with van der Waals surface area (Å²) in [6.07, 6.45) is 0. The minimum atomic E-state index is -0.357. The van der Waals surface area contributed by atoms with Crippen LogP contribution in [0.3, 0.4) is 0 Å². The average molecular weight is 456 g/mol. The number of hydrogen-bond acceptors (Lipinski definition) is 4. The number of nitrogens with zero attached hydrogens (tertiary/aromatic N) is 1. The largest absolute Gasteiger partial charge is 0.444 e. The number of halogens is 1. The van der Waals surface area contributed by atoms with Crippen LogP contribution in [0.1, 0.15) is 32.5 Å². The fourth-order valence-electron chi connectivity index (χ4n) is 2.90. The molecule has 2 amide bonds. The summed E-state index contributed by atoms with van der Waals surface area (Å²) in [6.45, 7) is 0.488. The molecule has 1 heterocycles. The van der Waals surface area contributed by atoms with E-state index in [1.165, 1.54) is 0 Å². The summed E-state index contributed by atoms with van der Waals surface area (Å²) in [6, 6.07) is 20.1. The number of carbonyl (C=O) groups excluding carboxylic acids is 2. The third-order valence-electron chi connectivity index (χ3n) is 4.47. The number of carbonyl (C=O) groups is 2. The van der Waals surface area contributed by atoms with Crippen molar-refractivity contribution in [1.82, 2.24) is 10.2 Å². The van der Waals surface area contributed by atoms with Gasteiger partial charge in [-0.05, 0) is 72.0 Å². The number of likely N-dealkylation sites (N-methyl/N-ethyl adjacent to an activating group) is 1. The lowest BCUT2D eigenvalue weighted by atomic mass is 10.1. The van der Waals surface area contributed by atoms with E-state index < -0.39 is 0 Å². The molecule has 0 aliphatic heterocycles. The van der Waals surface area contributed by atoms with Gasteiger partial charge in [-0.3, -0.25) is 9.59 Å². The number of anilines is 1. The Bertz CT molecular complexity index is 968. The second kappa shape index (κ2) is 9.54. The third kappa shape index (κ3) is 5.56. The topological polar surface area (TPSA) is 74.6 Å². The molecule has 0 aliphatic carbocycles. The van der Waals surface area contributed by atoms with Crippen molar-refractivity contribution in [3.05, 3.63) is 88.3 Å². The van der Waals surface area contributed by atoms with E-state index in [1.54, 1.807) is 36.4 Å². The highest BCUT2D eigenvalue weighted by Gasteiger charge is 2.16. The Kier molecular flexibility index (Phi) is 6.85. The maximum absolute atomic E-state index is 12.5. The van der Waals surface area contributed by atoms with Crippen LogP contribution in [-0.4, -0.2) is 37.4 Å². The highest BCUT2D eigenvalue weighted by atomic mass is 79.9. The van der Waals surface area contributed by atoms with E-state index in [1.807, 2.05) is 44.4 Å². The van der Waals surface area contributed by atoms with Crippen molar-refractivity contribution in [3.63, 3.8) is 0 Å². The molecule has 0 spiro atoms. The second-order valence-electron chi connectivity index (χ2n) is 6.74. The second-order valence-corrected chi connectivity index (χ2v) is 7.52. The number of hydrogen-bond donors (Lipinski definition) is 2. The van der Waals surface area contributed by atoms with Crippen molar-refractivity contribution in [1.29, 1.82) is 0 Å². The average Bonchev–Trinajstić information content (AvgIpc) is 3.15. The Morgan fingerprint density at radius 3 is 2.24 bits per heavy atom. The normalized spacial score (nSPS) is 11.9. The maximum atomic E-state index is 12.5. The van der Waals surface area contributed by atoms with Crippen molar-refractivity contribution < 1.29 is 14.0 Å². The fourth-order valence-corrected chi connectivity index (χ4v) is 3.21. The van der Waals surface area contributed by atoms with Gasteiger partial charge in [-0.1, -0.05) is 30.3 Å². The molecule has 0 saturated carbocycles. The van der Waals surface area contributed by atoms with Crippen LogP contribution in [0.25, 0.3) is 0 Å². The highest BCUT2D eigenvalue weighted by molar-refractivity contribution is 9.10. The molecule has 0 aliphatic rings. The van der Waals surface area contributed by atoms with Crippen LogP contribution < -0.4 is 10.6 Å². The number of benzene rings is 2. The lowest BCUT2D eigenvalue weighted by Crippen LogP contribution is -2.34. The summed E-state index contributed by atoms with van der Waals surface area (Å²) in [5, 5.41) is 5.71. The SMILES string of the molecule is CN(C)C(CNC(=O)c1ccc(NC(=O)c2ccc(Br)o2)cc1)c1ccccc1. The van der Waals surface area contributed by atoms with Crippen LogP contribution in [0.4, 0.5) is 5.69 Å². The Morgan fingerprint density at radius 2 is 1.66 bits per heavy atom. The molecular weight excluding hydrogens is 434 g/mol. The molecule has 0 saturated heterocycles. The molecule has 1 atom stereocenters. The third-order valence-corrected chi connectivity index (χ3v) is 4.89. The summed E-state index contributed by atoms with van der Waals surface area (Å²) < 4.78 is 5.71. The zero-order valence-corrected chi connectivity index (χ0v) is 17.8. The Morgan fingerprint density at radius 1 is 0.966 bits per heavy atom. The first kappa shape index (κ1) is 20.8. The van der Waals surface area contributed by atoms with Gasteiger partial charge in [0.1, 0.15) is 0 Å². The summed E-state index contributed by atoms with van der Waals surface area (Å²) in [4.78, 5) is 26.7. The van der Waals surface area contributed by atoms with Crippen LogP contribution in [0, 0.1) is 0 Å². The lowest BCUT2D eigenvalue weighted by molar-refractivity contribution is 0.0941. The predicted octanol–water partition coefficient (Wildman–Crippen LogP) is 4.33. The number of rotatable bonds is 7. The smallest absolute Gasteiger partial charge is 0.291 e. The van der Waals surface area contributed by atoms with E-state index in [2.05, 4.69) is 31.5 Å². The van der Waals surface area contributed by atoms with E-state index in [9.17, 15) is 9.59 Å². The Balaban J connectivity index is 1.59. The van der Waals surface area contributed by atoms with Gasteiger partial charge >= 0.3 is 0 Å². The van der Waals surface area contributed by atoms with Gasteiger partial charge in [0.2, 0.25) is 0 Å². The fraction of sp³-hybridized carbons (Fsp3) is 0.182. The van der Waals surface area contributed by atoms with Gasteiger partial charge < -0.3 is 20.0 Å². The van der Waals surface area contributed by atoms with Gasteiger partial charge in [-0.25, -0.2) is 0 Å². The van der Waals surface area contributed by atoms with Crippen molar-refractivity contribution >= 4 is 33.4 Å². The maximum Gasteiger partial charge on any atom is 0.291 e. The molecule has 0 radical (unpaired) electrons. The lowest BCUT2D eigenvalue weighted by Gasteiger charge is -2.25. The van der Waals surface area contributed by atoms with E-state index >= 15 is 0 Å². The first-order chi connectivity index (χ1) is 13.9. The first-order valence-electron chi connectivity index (χ1n) is 9.10. The van der Waals surface area contributed by atoms with E-state index in [0.717, 1.165) is 5.56 Å². The Labute approximate surface area is 178 Å². The minimum Gasteiger partial charge on any atom is -0.444 e. The summed E-state index contributed by atoms with van der Waals surface area (Å²) in [5.41, 5.74) is 2.24. The van der Waals surface area contributed by atoms with E-state index in [4.69, 9.17) is 4.42 Å². The van der Waals surface area contributed by atoms with Crippen LogP contribution in [0.15, 0.2) is 75.8 Å². The molecule has 3 rings (SSSR count). The molecule has 150 valence electrons. The monoisotopic (exact) mass is 455 g/mol. The molecule has 3 aromatic rings. The van der Waals surface area contributed by atoms with Crippen LogP contribution >= 0.6 is 15.9 Å². The molecule has 0 fully saturated rings. The number of nitrogens with one attached hydrogen (secondary N) is 2. The zero-order valence-electron chi connectivity index (χ0n) is 16.2. The van der Waals surface area contributed by atoms with Gasteiger partial charge in [-0.15, -0.1) is 0 Å². The quantitative estimate of drug-likeness (QED) is 0.555. The first-order valence-corrected chi connectivity index (χ1v) is 9.89. The summed E-state index contributed by atoms with van der Waals surface area (Å²) >= 11 is 3.17. The molecule has 29 heavy (non-hydrogen) atoms. The van der Waals surface area contributed by atoms with Gasteiger partial charge in [0.05, 0.1) is 6.04 Å². The molecule has 6 nitrogen and oxygen atoms in total. The van der Waals surface area contributed by atoms with Gasteiger partial charge in [-0.2, -0.15) is 0 Å². The number of amides is 2. The summed E-state index contributed by atoms with van der Waals surface area (Å²) in [5.74, 6) is -0.320. The molecular formula is C22H22BrN3O3. The van der Waals surface area contributed by atoms with Crippen LogP contribution in [0.5, 0.6) is 0 Å². The molecule has 1 aromatic heterocycles. The Hall–Kier alpha value is -2.90. The van der Waals surface area contributed by atoms with Gasteiger partial charge in [0.25, 0.3) is 11.8 Å². The van der Waals surface area contributed by atoms with E-state index in [0.29, 0.717) is 22.5 Å². The highest BCUT2D eigenvalue weighted by Crippen LogP contribution is 2.18. The van der Waals surface area contributed by atoms with Gasteiger partial charge in [0, 0.05) is 17.8 Å². The number of furan rings is 1. The summed E-state index contributed by atoms with van der Waals surface area (Å²) in [7, 11) is 3.97. The van der Waals surface area contributed by atoms with Crippen molar-refractivity contribution in [2.75, 3.05) is 26.0 Å². The van der Waals surface area contributed by atoms with Crippen LogP contribution in [0.2, 0.25) is 0 Å². The molecule has 1 unspecified atom stereocenters.